The van der Waals surface area contributed by atoms with Crippen molar-refractivity contribution in [2.75, 3.05) is 18.5 Å². The van der Waals surface area contributed by atoms with Crippen LogP contribution in [-0.2, 0) is 9.53 Å². The fraction of sp³-hybridized carbons (Fsp3) is 0.391. The van der Waals surface area contributed by atoms with Crippen LogP contribution in [-0.4, -0.2) is 24.9 Å². The van der Waals surface area contributed by atoms with Gasteiger partial charge in [0.2, 0.25) is 0 Å². The van der Waals surface area contributed by atoms with Gasteiger partial charge in [-0.1, -0.05) is 33.8 Å². The lowest BCUT2D eigenvalue weighted by Gasteiger charge is -2.07. The summed E-state index contributed by atoms with van der Waals surface area (Å²) in [4.78, 5) is 24.0. The minimum Gasteiger partial charge on any atom is -0.462 e. The van der Waals surface area contributed by atoms with E-state index in [0.29, 0.717) is 35.5 Å². The van der Waals surface area contributed by atoms with Crippen LogP contribution in [0.1, 0.15) is 73.9 Å². The van der Waals surface area contributed by atoms with Crippen molar-refractivity contribution in [1.82, 2.24) is 0 Å². The highest BCUT2D eigenvalue weighted by atomic mass is 16.5. The normalized spacial score (nSPS) is 11.4. The van der Waals surface area contributed by atoms with E-state index in [9.17, 15) is 9.59 Å². The molecule has 0 amide bonds. The summed E-state index contributed by atoms with van der Waals surface area (Å²) < 4.78 is 10.9. The van der Waals surface area contributed by atoms with Crippen molar-refractivity contribution in [2.24, 2.45) is 0 Å². The SMILES string of the molecule is CCOC(=O)c1cccc(NCC(=O)C=Cc2cc(C(C)C)c(C(C)C)o2)c1. The summed E-state index contributed by atoms with van der Waals surface area (Å²) in [5.74, 6) is 1.85. The molecule has 1 aromatic carbocycles. The van der Waals surface area contributed by atoms with Gasteiger partial charge >= 0.3 is 5.97 Å². The standard InChI is InChI=1S/C23H29NO4/c1-6-27-23(26)17-8-7-9-18(12-17)24-14-19(25)10-11-20-13-21(15(2)3)22(28-20)16(4)5/h7-13,15-16,24H,6,14H2,1-5H3. The maximum absolute atomic E-state index is 12.2. The first-order valence-corrected chi connectivity index (χ1v) is 9.67. The minimum absolute atomic E-state index is 0.0878. The Morgan fingerprint density at radius 1 is 1.14 bits per heavy atom. The molecule has 0 aliphatic heterocycles. The number of ketones is 1. The summed E-state index contributed by atoms with van der Waals surface area (Å²) in [6.07, 6.45) is 3.21. The topological polar surface area (TPSA) is 68.5 Å². The lowest BCUT2D eigenvalue weighted by Crippen LogP contribution is -2.12. The molecule has 1 aromatic heterocycles. The highest BCUT2D eigenvalue weighted by Crippen LogP contribution is 2.30. The molecule has 150 valence electrons. The monoisotopic (exact) mass is 383 g/mol. The Morgan fingerprint density at radius 2 is 1.89 bits per heavy atom. The van der Waals surface area contributed by atoms with Gasteiger partial charge in [-0.15, -0.1) is 0 Å². The average Bonchev–Trinajstić information content (AvgIpc) is 3.10. The molecule has 0 saturated heterocycles. The molecular weight excluding hydrogens is 354 g/mol. The summed E-state index contributed by atoms with van der Waals surface area (Å²) in [6, 6.07) is 8.90. The van der Waals surface area contributed by atoms with Gasteiger partial charge in [-0.2, -0.15) is 0 Å². The predicted molar refractivity (Wildman–Crippen MR) is 112 cm³/mol. The molecular formula is C23H29NO4. The lowest BCUT2D eigenvalue weighted by atomic mass is 9.98. The van der Waals surface area contributed by atoms with Gasteiger partial charge < -0.3 is 14.5 Å². The van der Waals surface area contributed by atoms with Crippen molar-refractivity contribution in [3.63, 3.8) is 0 Å². The smallest absolute Gasteiger partial charge is 0.338 e. The molecule has 2 aromatic rings. The molecule has 0 radical (unpaired) electrons. The molecule has 0 bridgehead atoms. The zero-order valence-electron chi connectivity index (χ0n) is 17.2. The maximum atomic E-state index is 12.2. The Hall–Kier alpha value is -2.82. The Balaban J connectivity index is 1.98. The van der Waals surface area contributed by atoms with Crippen LogP contribution >= 0.6 is 0 Å². The number of ether oxygens (including phenoxy) is 1. The molecule has 2 rings (SSSR count). The Bertz CT molecular complexity index is 821. The molecule has 1 heterocycles. The van der Waals surface area contributed by atoms with Crippen molar-refractivity contribution in [3.05, 3.63) is 59.1 Å². The van der Waals surface area contributed by atoms with E-state index in [0.717, 1.165) is 5.76 Å². The average molecular weight is 383 g/mol. The molecule has 5 heteroatoms. The van der Waals surface area contributed by atoms with Crippen molar-refractivity contribution in [1.29, 1.82) is 0 Å². The summed E-state index contributed by atoms with van der Waals surface area (Å²) in [5, 5.41) is 3.03. The summed E-state index contributed by atoms with van der Waals surface area (Å²) in [7, 11) is 0. The number of furan rings is 1. The largest absolute Gasteiger partial charge is 0.462 e. The van der Waals surface area contributed by atoms with Gasteiger partial charge in [0.05, 0.1) is 18.7 Å². The molecule has 28 heavy (non-hydrogen) atoms. The third kappa shape index (κ3) is 5.84. The second-order valence-electron chi connectivity index (χ2n) is 7.23. The quantitative estimate of drug-likeness (QED) is 0.464. The molecule has 0 saturated carbocycles. The first kappa shape index (κ1) is 21.5. The molecule has 0 aliphatic rings. The fourth-order valence-corrected chi connectivity index (χ4v) is 2.82. The molecule has 0 unspecified atom stereocenters. The van der Waals surface area contributed by atoms with Crippen LogP contribution in [0.3, 0.4) is 0 Å². The van der Waals surface area contributed by atoms with Crippen LogP contribution < -0.4 is 5.32 Å². The third-order valence-electron chi connectivity index (χ3n) is 4.23. The second kappa shape index (κ2) is 9.93. The zero-order chi connectivity index (χ0) is 20.7. The second-order valence-corrected chi connectivity index (χ2v) is 7.23. The maximum Gasteiger partial charge on any atom is 0.338 e. The molecule has 0 fully saturated rings. The van der Waals surface area contributed by atoms with Gasteiger partial charge in [0.15, 0.2) is 5.78 Å². The van der Waals surface area contributed by atoms with Crippen LogP contribution in [0.2, 0.25) is 0 Å². The molecule has 5 nitrogen and oxygen atoms in total. The number of nitrogens with one attached hydrogen (secondary N) is 1. The van der Waals surface area contributed by atoms with E-state index in [1.165, 1.54) is 11.6 Å². The van der Waals surface area contributed by atoms with E-state index < -0.39 is 0 Å². The molecule has 0 spiro atoms. The minimum atomic E-state index is -0.378. The van der Waals surface area contributed by atoms with Crippen LogP contribution in [0.25, 0.3) is 6.08 Å². The van der Waals surface area contributed by atoms with Crippen molar-refractivity contribution in [2.45, 2.75) is 46.5 Å². The number of anilines is 1. The Morgan fingerprint density at radius 3 is 2.50 bits per heavy atom. The fourth-order valence-electron chi connectivity index (χ4n) is 2.82. The van der Waals surface area contributed by atoms with Gasteiger partial charge in [-0.05, 0) is 54.8 Å². The predicted octanol–water partition coefficient (Wildman–Crippen LogP) is 5.40. The highest BCUT2D eigenvalue weighted by molar-refractivity contribution is 5.96. The van der Waals surface area contributed by atoms with Gasteiger partial charge in [-0.25, -0.2) is 4.79 Å². The molecule has 0 atom stereocenters. The highest BCUT2D eigenvalue weighted by Gasteiger charge is 2.15. The van der Waals surface area contributed by atoms with Gasteiger partial charge in [0.1, 0.15) is 11.5 Å². The van der Waals surface area contributed by atoms with E-state index in [1.54, 1.807) is 37.3 Å². The van der Waals surface area contributed by atoms with E-state index in [-0.39, 0.29) is 18.3 Å². The van der Waals surface area contributed by atoms with Crippen molar-refractivity contribution in [3.8, 4) is 0 Å². The Kier molecular flexibility index (Phi) is 7.61. The first-order chi connectivity index (χ1) is 13.3. The zero-order valence-corrected chi connectivity index (χ0v) is 17.2. The van der Waals surface area contributed by atoms with Gasteiger partial charge in [-0.3, -0.25) is 4.79 Å². The lowest BCUT2D eigenvalue weighted by molar-refractivity contribution is -0.113. The van der Waals surface area contributed by atoms with E-state index in [4.69, 9.17) is 9.15 Å². The number of hydrogen-bond donors (Lipinski definition) is 1. The summed E-state index contributed by atoms with van der Waals surface area (Å²) >= 11 is 0. The van der Waals surface area contributed by atoms with E-state index in [1.807, 2.05) is 6.07 Å². The third-order valence-corrected chi connectivity index (χ3v) is 4.23. The van der Waals surface area contributed by atoms with Crippen molar-refractivity contribution < 1.29 is 18.7 Å². The van der Waals surface area contributed by atoms with Gasteiger partial charge in [0, 0.05) is 11.6 Å². The first-order valence-electron chi connectivity index (χ1n) is 9.67. The van der Waals surface area contributed by atoms with Crippen LogP contribution in [0.5, 0.6) is 0 Å². The molecule has 1 N–H and O–H groups in total. The van der Waals surface area contributed by atoms with E-state index >= 15 is 0 Å². The van der Waals surface area contributed by atoms with Gasteiger partial charge in [0.25, 0.3) is 0 Å². The Labute approximate surface area is 166 Å². The molecule has 0 aliphatic carbocycles. The van der Waals surface area contributed by atoms with Crippen LogP contribution in [0.4, 0.5) is 5.69 Å². The number of carbonyl (C=O) groups is 2. The summed E-state index contributed by atoms with van der Waals surface area (Å²) in [6.45, 7) is 10.7. The summed E-state index contributed by atoms with van der Waals surface area (Å²) in [5.41, 5.74) is 2.32. The number of benzene rings is 1. The van der Waals surface area contributed by atoms with Crippen LogP contribution in [0, 0.1) is 0 Å². The number of carbonyl (C=O) groups excluding carboxylic acids is 2. The van der Waals surface area contributed by atoms with Crippen LogP contribution in [0.15, 0.2) is 40.8 Å². The van der Waals surface area contributed by atoms with E-state index in [2.05, 4.69) is 33.0 Å². The number of esters is 1. The van der Waals surface area contributed by atoms with Crippen molar-refractivity contribution >= 4 is 23.5 Å². The number of rotatable bonds is 9. The number of hydrogen-bond acceptors (Lipinski definition) is 5.